The monoisotopic (exact) mass is 339 g/mol. The third-order valence-electron chi connectivity index (χ3n) is 2.44. The molecule has 0 saturated heterocycles. The molecule has 0 aliphatic carbocycles. The molecule has 2 aromatic heterocycles. The number of halogens is 1. The Bertz CT molecular complexity index is 682. The van der Waals surface area contributed by atoms with Gasteiger partial charge in [-0.15, -0.1) is 0 Å². The third kappa shape index (κ3) is 2.67. The van der Waals surface area contributed by atoms with E-state index in [9.17, 15) is 14.9 Å². The number of nitro groups is 1. The molecule has 0 N–H and O–H groups in total. The van der Waals surface area contributed by atoms with Crippen molar-refractivity contribution in [1.82, 2.24) is 19.7 Å². The molecule has 0 spiro atoms. The number of nitrogens with zero attached hydrogens (tertiary/aromatic N) is 5. The molecule has 2 aromatic rings. The highest BCUT2D eigenvalue weighted by Crippen LogP contribution is 2.24. The number of amides is 1. The molecule has 9 heteroatoms. The second-order valence-electron chi connectivity index (χ2n) is 4.10. The predicted molar refractivity (Wildman–Crippen MR) is 73.7 cm³/mol. The summed E-state index contributed by atoms with van der Waals surface area (Å²) in [5.74, 6) is -0.237. The number of hydrogen-bond acceptors (Lipinski definition) is 5. The summed E-state index contributed by atoms with van der Waals surface area (Å²) in [5.41, 5.74) is -0.0136. The van der Waals surface area contributed by atoms with Crippen LogP contribution in [0.15, 0.2) is 29.0 Å². The number of pyridine rings is 1. The highest BCUT2D eigenvalue weighted by molar-refractivity contribution is 9.10. The molecule has 104 valence electrons. The van der Waals surface area contributed by atoms with Crippen molar-refractivity contribution in [3.8, 4) is 5.82 Å². The summed E-state index contributed by atoms with van der Waals surface area (Å²) in [4.78, 5) is 27.6. The molecule has 1 amide bonds. The lowest BCUT2D eigenvalue weighted by molar-refractivity contribution is -0.385. The van der Waals surface area contributed by atoms with Crippen LogP contribution in [0.3, 0.4) is 0 Å². The molecule has 0 bridgehead atoms. The highest BCUT2D eigenvalue weighted by atomic mass is 79.9. The Morgan fingerprint density at radius 1 is 1.50 bits per heavy atom. The van der Waals surface area contributed by atoms with Gasteiger partial charge in [0.25, 0.3) is 5.91 Å². The van der Waals surface area contributed by atoms with Crippen LogP contribution in [-0.2, 0) is 0 Å². The maximum atomic E-state index is 11.8. The van der Waals surface area contributed by atoms with Crippen LogP contribution >= 0.6 is 15.9 Å². The van der Waals surface area contributed by atoms with Crippen molar-refractivity contribution in [3.63, 3.8) is 0 Å². The second-order valence-corrected chi connectivity index (χ2v) is 5.01. The summed E-state index contributed by atoms with van der Waals surface area (Å²) in [6.45, 7) is 0. The molecular weight excluding hydrogens is 330 g/mol. The lowest BCUT2D eigenvalue weighted by Crippen LogP contribution is -2.22. The average molecular weight is 340 g/mol. The Morgan fingerprint density at radius 2 is 2.20 bits per heavy atom. The van der Waals surface area contributed by atoms with E-state index in [0.29, 0.717) is 4.47 Å². The van der Waals surface area contributed by atoms with E-state index in [0.717, 1.165) is 0 Å². The molecule has 0 fully saturated rings. The highest BCUT2D eigenvalue weighted by Gasteiger charge is 2.20. The largest absolute Gasteiger partial charge is 0.343 e. The predicted octanol–water partition coefficient (Wildman–Crippen LogP) is 1.64. The summed E-state index contributed by atoms with van der Waals surface area (Å²) >= 11 is 3.13. The van der Waals surface area contributed by atoms with Gasteiger partial charge in [-0.25, -0.2) is 9.67 Å². The van der Waals surface area contributed by atoms with Crippen molar-refractivity contribution in [2.24, 2.45) is 0 Å². The zero-order valence-corrected chi connectivity index (χ0v) is 12.2. The van der Waals surface area contributed by atoms with Crippen LogP contribution in [-0.4, -0.2) is 44.6 Å². The van der Waals surface area contributed by atoms with Gasteiger partial charge in [-0.3, -0.25) is 14.9 Å². The first-order chi connectivity index (χ1) is 9.40. The molecule has 0 aromatic carbocycles. The molecule has 0 aliphatic heterocycles. The standard InChI is InChI=1S/C11H10BrN5O3/c1-15(2)11(18)8-3-4-16(14-8)10-9(17(19)20)5-7(12)6-13-10/h3-6H,1-2H3. The molecule has 0 radical (unpaired) electrons. The maximum Gasteiger partial charge on any atom is 0.314 e. The molecule has 2 heterocycles. The second kappa shape index (κ2) is 5.37. The third-order valence-corrected chi connectivity index (χ3v) is 2.88. The Labute approximate surface area is 122 Å². The van der Waals surface area contributed by atoms with Crippen LogP contribution < -0.4 is 0 Å². The van der Waals surface area contributed by atoms with Gasteiger partial charge in [0.1, 0.15) is 0 Å². The Hall–Kier alpha value is -2.29. The zero-order valence-electron chi connectivity index (χ0n) is 10.6. The van der Waals surface area contributed by atoms with Gasteiger partial charge in [0, 0.05) is 37.0 Å². The van der Waals surface area contributed by atoms with E-state index in [4.69, 9.17) is 0 Å². The van der Waals surface area contributed by atoms with Crippen molar-refractivity contribution in [1.29, 1.82) is 0 Å². The van der Waals surface area contributed by atoms with Crippen molar-refractivity contribution in [2.75, 3.05) is 14.1 Å². The van der Waals surface area contributed by atoms with Crippen LogP contribution in [0.25, 0.3) is 5.82 Å². The number of aromatic nitrogens is 3. The molecule has 0 saturated carbocycles. The molecule has 20 heavy (non-hydrogen) atoms. The number of hydrogen-bond donors (Lipinski definition) is 0. The summed E-state index contributed by atoms with van der Waals surface area (Å²) in [6.07, 6.45) is 2.89. The molecular formula is C11H10BrN5O3. The van der Waals surface area contributed by atoms with Gasteiger partial charge < -0.3 is 4.90 Å². The van der Waals surface area contributed by atoms with Gasteiger partial charge in [-0.1, -0.05) is 0 Å². The van der Waals surface area contributed by atoms with E-state index in [1.165, 1.54) is 34.1 Å². The van der Waals surface area contributed by atoms with Crippen LogP contribution in [0.5, 0.6) is 0 Å². The first kappa shape index (κ1) is 14.1. The lowest BCUT2D eigenvalue weighted by atomic mass is 10.4. The van der Waals surface area contributed by atoms with Crippen LogP contribution in [0.2, 0.25) is 0 Å². The van der Waals surface area contributed by atoms with Crippen molar-refractivity contribution < 1.29 is 9.72 Å². The number of carbonyl (C=O) groups excluding carboxylic acids is 1. The van der Waals surface area contributed by atoms with E-state index in [2.05, 4.69) is 26.0 Å². The molecule has 0 aliphatic rings. The minimum Gasteiger partial charge on any atom is -0.343 e. The molecule has 2 rings (SSSR count). The van der Waals surface area contributed by atoms with E-state index in [1.54, 1.807) is 14.1 Å². The fourth-order valence-electron chi connectivity index (χ4n) is 1.52. The summed E-state index contributed by atoms with van der Waals surface area (Å²) in [6, 6.07) is 2.81. The Balaban J connectivity index is 2.48. The quantitative estimate of drug-likeness (QED) is 0.625. The minimum absolute atomic E-state index is 0.0519. The Morgan fingerprint density at radius 3 is 2.80 bits per heavy atom. The zero-order chi connectivity index (χ0) is 14.9. The van der Waals surface area contributed by atoms with Gasteiger partial charge in [-0.2, -0.15) is 5.10 Å². The van der Waals surface area contributed by atoms with Crippen molar-refractivity contribution >= 4 is 27.5 Å². The van der Waals surface area contributed by atoms with Crippen molar-refractivity contribution in [3.05, 3.63) is 44.8 Å². The van der Waals surface area contributed by atoms with Crippen LogP contribution in [0.1, 0.15) is 10.5 Å². The topological polar surface area (TPSA) is 94.2 Å². The SMILES string of the molecule is CN(C)C(=O)c1ccn(-c2ncc(Br)cc2[N+](=O)[O-])n1. The molecule has 0 atom stereocenters. The summed E-state index contributed by atoms with van der Waals surface area (Å²) in [5, 5.41) is 15.0. The molecule has 8 nitrogen and oxygen atoms in total. The number of rotatable bonds is 3. The minimum atomic E-state index is -0.553. The normalized spacial score (nSPS) is 10.3. The van der Waals surface area contributed by atoms with E-state index in [1.807, 2.05) is 0 Å². The maximum absolute atomic E-state index is 11.8. The summed E-state index contributed by atoms with van der Waals surface area (Å²) in [7, 11) is 3.20. The Kier molecular flexibility index (Phi) is 3.79. The van der Waals surface area contributed by atoms with Gasteiger partial charge in [0.05, 0.1) is 4.92 Å². The van der Waals surface area contributed by atoms with Gasteiger partial charge in [-0.05, 0) is 22.0 Å². The van der Waals surface area contributed by atoms with Crippen molar-refractivity contribution in [2.45, 2.75) is 0 Å². The number of carbonyl (C=O) groups is 1. The molecule has 0 unspecified atom stereocenters. The smallest absolute Gasteiger partial charge is 0.314 e. The van der Waals surface area contributed by atoms with Crippen LogP contribution in [0.4, 0.5) is 5.69 Å². The first-order valence-corrected chi connectivity index (χ1v) is 6.27. The summed E-state index contributed by atoms with van der Waals surface area (Å²) < 4.78 is 1.70. The van der Waals surface area contributed by atoms with Crippen LogP contribution in [0, 0.1) is 10.1 Å². The van der Waals surface area contributed by atoms with E-state index in [-0.39, 0.29) is 23.1 Å². The fourth-order valence-corrected chi connectivity index (χ4v) is 1.84. The van der Waals surface area contributed by atoms with Gasteiger partial charge >= 0.3 is 5.69 Å². The fraction of sp³-hybridized carbons (Fsp3) is 0.182. The van der Waals surface area contributed by atoms with Gasteiger partial charge in [0.15, 0.2) is 5.69 Å². The van der Waals surface area contributed by atoms with E-state index < -0.39 is 4.92 Å². The first-order valence-electron chi connectivity index (χ1n) is 5.48. The lowest BCUT2D eigenvalue weighted by Gasteiger charge is -2.07. The average Bonchev–Trinajstić information content (AvgIpc) is 2.86. The van der Waals surface area contributed by atoms with E-state index >= 15 is 0 Å². The van der Waals surface area contributed by atoms with Gasteiger partial charge in [0.2, 0.25) is 5.82 Å².